The van der Waals surface area contributed by atoms with Gasteiger partial charge in [-0.1, -0.05) is 18.6 Å². The molecule has 3 heteroatoms. The molecular formula is C13H14O3. The van der Waals surface area contributed by atoms with Gasteiger partial charge in [-0.3, -0.25) is 4.79 Å². The average Bonchev–Trinajstić information content (AvgIpc) is 2.26. The van der Waals surface area contributed by atoms with Gasteiger partial charge in [-0.15, -0.1) is 0 Å². The van der Waals surface area contributed by atoms with E-state index in [9.17, 15) is 4.79 Å². The Balaban J connectivity index is 1.74. The van der Waals surface area contributed by atoms with Gasteiger partial charge in [-0.2, -0.15) is 0 Å². The van der Waals surface area contributed by atoms with Crippen LogP contribution in [0.5, 0.6) is 11.5 Å². The summed E-state index contributed by atoms with van der Waals surface area (Å²) in [5, 5.41) is 0. The number of ether oxygens (including phenoxy) is 2. The Bertz CT molecular complexity index is 409. The van der Waals surface area contributed by atoms with Crippen LogP contribution < -0.4 is 9.47 Å². The van der Waals surface area contributed by atoms with Crippen LogP contribution in [0.1, 0.15) is 19.3 Å². The van der Waals surface area contributed by atoms with Crippen LogP contribution in [0.15, 0.2) is 24.3 Å². The highest BCUT2D eigenvalue weighted by atomic mass is 16.6. The van der Waals surface area contributed by atoms with Crippen molar-refractivity contribution in [3.8, 4) is 11.5 Å². The van der Waals surface area contributed by atoms with E-state index in [4.69, 9.17) is 9.47 Å². The van der Waals surface area contributed by atoms with E-state index in [2.05, 4.69) is 0 Å². The van der Waals surface area contributed by atoms with E-state index in [0.29, 0.717) is 12.4 Å². The lowest BCUT2D eigenvalue weighted by Gasteiger charge is -2.31. The molecule has 1 aromatic rings. The number of carbonyl (C=O) groups is 1. The van der Waals surface area contributed by atoms with Gasteiger partial charge in [0.05, 0.1) is 0 Å². The van der Waals surface area contributed by atoms with Crippen LogP contribution in [0.3, 0.4) is 0 Å². The largest absolute Gasteiger partial charge is 0.485 e. The molecule has 3 rings (SSSR count). The third kappa shape index (κ3) is 1.56. The lowest BCUT2D eigenvalue weighted by Crippen LogP contribution is -2.42. The smallest absolute Gasteiger partial charge is 0.191 e. The SMILES string of the molecule is O=C(C1CCC1)C1COc2ccccc2O1. The van der Waals surface area contributed by atoms with E-state index >= 15 is 0 Å². The summed E-state index contributed by atoms with van der Waals surface area (Å²) in [5.74, 6) is 1.84. The third-order valence-corrected chi connectivity index (χ3v) is 3.33. The van der Waals surface area contributed by atoms with Crippen LogP contribution in [0.4, 0.5) is 0 Å². The number of Topliss-reactive ketones (excluding diaryl/α,β-unsaturated/α-hetero) is 1. The topological polar surface area (TPSA) is 35.5 Å². The molecule has 1 saturated carbocycles. The first kappa shape index (κ1) is 9.70. The van der Waals surface area contributed by atoms with Crippen molar-refractivity contribution in [3.63, 3.8) is 0 Å². The molecule has 84 valence electrons. The first-order valence-electron chi connectivity index (χ1n) is 5.77. The molecule has 1 atom stereocenters. The van der Waals surface area contributed by atoms with Crippen molar-refractivity contribution >= 4 is 5.78 Å². The average molecular weight is 218 g/mol. The Hall–Kier alpha value is -1.51. The van der Waals surface area contributed by atoms with Gasteiger partial charge in [0.2, 0.25) is 0 Å². The van der Waals surface area contributed by atoms with Crippen LogP contribution >= 0.6 is 0 Å². The summed E-state index contributed by atoms with van der Waals surface area (Å²) < 4.78 is 11.2. The zero-order chi connectivity index (χ0) is 11.0. The first-order chi connectivity index (χ1) is 7.84. The highest BCUT2D eigenvalue weighted by molar-refractivity contribution is 5.86. The molecule has 2 aliphatic rings. The summed E-state index contributed by atoms with van der Waals surface area (Å²) in [4.78, 5) is 12.0. The number of carbonyl (C=O) groups excluding carboxylic acids is 1. The standard InChI is InChI=1S/C13H14O3/c14-13(9-4-3-5-9)12-8-15-10-6-1-2-7-11(10)16-12/h1-2,6-7,9,12H,3-5,8H2. The first-order valence-corrected chi connectivity index (χ1v) is 5.77. The predicted molar refractivity (Wildman–Crippen MR) is 58.7 cm³/mol. The molecule has 0 amide bonds. The van der Waals surface area contributed by atoms with Crippen LogP contribution in [0, 0.1) is 5.92 Å². The van der Waals surface area contributed by atoms with Crippen LogP contribution in [0.25, 0.3) is 0 Å². The zero-order valence-corrected chi connectivity index (χ0v) is 9.02. The van der Waals surface area contributed by atoms with Crippen molar-refractivity contribution in [2.75, 3.05) is 6.61 Å². The molecule has 0 spiro atoms. The molecule has 0 bridgehead atoms. The molecule has 3 nitrogen and oxygen atoms in total. The summed E-state index contributed by atoms with van der Waals surface area (Å²) in [7, 11) is 0. The van der Waals surface area contributed by atoms with Crippen molar-refractivity contribution in [1.29, 1.82) is 0 Å². The number of hydrogen-bond donors (Lipinski definition) is 0. The third-order valence-electron chi connectivity index (χ3n) is 3.33. The number of fused-ring (bicyclic) bond motifs is 1. The predicted octanol–water partition coefficient (Wildman–Crippen LogP) is 2.20. The van der Waals surface area contributed by atoms with Crippen LogP contribution in [0.2, 0.25) is 0 Å². The number of ketones is 1. The van der Waals surface area contributed by atoms with Crippen molar-refractivity contribution in [2.45, 2.75) is 25.4 Å². The van der Waals surface area contributed by atoms with Gasteiger partial charge in [0, 0.05) is 5.92 Å². The van der Waals surface area contributed by atoms with Crippen molar-refractivity contribution in [1.82, 2.24) is 0 Å². The maximum Gasteiger partial charge on any atom is 0.191 e. The molecule has 1 fully saturated rings. The molecule has 1 heterocycles. The molecule has 0 saturated heterocycles. The minimum atomic E-state index is -0.403. The van der Waals surface area contributed by atoms with Gasteiger partial charge in [-0.25, -0.2) is 0 Å². The minimum Gasteiger partial charge on any atom is -0.485 e. The van der Waals surface area contributed by atoms with E-state index in [1.165, 1.54) is 6.42 Å². The molecule has 0 radical (unpaired) electrons. The van der Waals surface area contributed by atoms with E-state index in [-0.39, 0.29) is 11.7 Å². The Kier molecular flexibility index (Phi) is 2.31. The van der Waals surface area contributed by atoms with Gasteiger partial charge < -0.3 is 9.47 Å². The number of benzene rings is 1. The van der Waals surface area contributed by atoms with Gasteiger partial charge >= 0.3 is 0 Å². The molecular weight excluding hydrogens is 204 g/mol. The second-order valence-corrected chi connectivity index (χ2v) is 4.39. The Morgan fingerprint density at radius 2 is 1.94 bits per heavy atom. The summed E-state index contributed by atoms with van der Waals surface area (Å²) in [5.41, 5.74) is 0. The maximum absolute atomic E-state index is 12.0. The van der Waals surface area contributed by atoms with Crippen molar-refractivity contribution < 1.29 is 14.3 Å². The molecule has 1 aromatic carbocycles. The second-order valence-electron chi connectivity index (χ2n) is 4.39. The van der Waals surface area contributed by atoms with Crippen LogP contribution in [-0.2, 0) is 4.79 Å². The molecule has 0 N–H and O–H groups in total. The van der Waals surface area contributed by atoms with E-state index < -0.39 is 6.10 Å². The normalized spacial score (nSPS) is 23.6. The highest BCUT2D eigenvalue weighted by Crippen LogP contribution is 2.34. The van der Waals surface area contributed by atoms with E-state index in [0.717, 1.165) is 18.6 Å². The van der Waals surface area contributed by atoms with E-state index in [1.807, 2.05) is 24.3 Å². The Morgan fingerprint density at radius 1 is 1.19 bits per heavy atom. The van der Waals surface area contributed by atoms with Crippen LogP contribution in [-0.4, -0.2) is 18.5 Å². The van der Waals surface area contributed by atoms with Gasteiger partial charge in [0.15, 0.2) is 23.4 Å². The second kappa shape index (κ2) is 3.81. The summed E-state index contributed by atoms with van der Waals surface area (Å²) in [6.07, 6.45) is 2.79. The summed E-state index contributed by atoms with van der Waals surface area (Å²) >= 11 is 0. The summed E-state index contributed by atoms with van der Waals surface area (Å²) in [6.45, 7) is 0.354. The van der Waals surface area contributed by atoms with Gasteiger partial charge in [0.25, 0.3) is 0 Å². The lowest BCUT2D eigenvalue weighted by atomic mass is 9.80. The zero-order valence-electron chi connectivity index (χ0n) is 9.02. The Morgan fingerprint density at radius 3 is 2.62 bits per heavy atom. The van der Waals surface area contributed by atoms with E-state index in [1.54, 1.807) is 0 Å². The molecule has 16 heavy (non-hydrogen) atoms. The molecule has 1 unspecified atom stereocenters. The fourth-order valence-corrected chi connectivity index (χ4v) is 2.12. The minimum absolute atomic E-state index is 0.207. The van der Waals surface area contributed by atoms with Crippen molar-refractivity contribution in [2.24, 2.45) is 5.92 Å². The fraction of sp³-hybridized carbons (Fsp3) is 0.462. The maximum atomic E-state index is 12.0. The monoisotopic (exact) mass is 218 g/mol. The summed E-state index contributed by atoms with van der Waals surface area (Å²) in [6, 6.07) is 7.49. The molecule has 1 aliphatic carbocycles. The fourth-order valence-electron chi connectivity index (χ4n) is 2.12. The van der Waals surface area contributed by atoms with Crippen molar-refractivity contribution in [3.05, 3.63) is 24.3 Å². The molecule has 0 aromatic heterocycles. The lowest BCUT2D eigenvalue weighted by molar-refractivity contribution is -0.134. The number of para-hydroxylation sites is 2. The number of hydrogen-bond acceptors (Lipinski definition) is 3. The molecule has 1 aliphatic heterocycles. The van der Waals surface area contributed by atoms with Gasteiger partial charge in [0.1, 0.15) is 6.61 Å². The highest BCUT2D eigenvalue weighted by Gasteiger charge is 2.35. The van der Waals surface area contributed by atoms with Gasteiger partial charge in [-0.05, 0) is 25.0 Å². The number of rotatable bonds is 2. The quantitative estimate of drug-likeness (QED) is 0.763. The Labute approximate surface area is 94.4 Å².